The van der Waals surface area contributed by atoms with Crippen LogP contribution in [0, 0.1) is 29.6 Å². The van der Waals surface area contributed by atoms with Crippen molar-refractivity contribution in [1.82, 2.24) is 5.32 Å². The molecular weight excluding hydrogens is 238 g/mol. The zero-order valence-corrected chi connectivity index (χ0v) is 12.7. The summed E-state index contributed by atoms with van der Waals surface area (Å²) in [5.41, 5.74) is 0. The largest absolute Gasteiger partial charge is 0.378 e. The Morgan fingerprint density at radius 2 is 1.58 bits per heavy atom. The molecule has 0 fully saturated rings. The normalized spacial score (nSPS) is 10.0. The lowest BCUT2D eigenvalue weighted by molar-refractivity contribution is 0.0608. The minimum atomic E-state index is 0.421. The van der Waals surface area contributed by atoms with Gasteiger partial charge in [-0.2, -0.15) is 0 Å². The van der Waals surface area contributed by atoms with Gasteiger partial charge in [0.05, 0.1) is 19.8 Å². The first-order chi connectivity index (χ1) is 9.13. The van der Waals surface area contributed by atoms with E-state index in [0.717, 1.165) is 13.0 Å². The van der Waals surface area contributed by atoms with Crippen LogP contribution in [0.4, 0.5) is 0 Å². The predicted molar refractivity (Wildman–Crippen MR) is 79.8 cm³/mol. The molecule has 0 radical (unpaired) electrons. The summed E-state index contributed by atoms with van der Waals surface area (Å²) in [6.07, 6.45) is 0.897. The van der Waals surface area contributed by atoms with E-state index in [4.69, 9.17) is 9.47 Å². The Hall–Kier alpha value is -1.00. The number of hydrogen-bond donors (Lipinski definition) is 1. The van der Waals surface area contributed by atoms with Crippen molar-refractivity contribution in [2.24, 2.45) is 5.92 Å². The molecule has 0 saturated carbocycles. The second kappa shape index (κ2) is 13.4. The summed E-state index contributed by atoms with van der Waals surface area (Å²) in [5, 5.41) is 3.28. The first-order valence-corrected chi connectivity index (χ1v) is 6.97. The fraction of sp³-hybridized carbons (Fsp3) is 0.750. The molecular formula is C16H27NO2. The molecule has 0 aliphatic rings. The second-order valence-electron chi connectivity index (χ2n) is 4.98. The molecule has 3 nitrogen and oxygen atoms in total. The lowest BCUT2D eigenvalue weighted by Crippen LogP contribution is -2.27. The molecule has 3 heteroatoms. The Bertz CT molecular complexity index is 315. The number of hydrogen-bond acceptors (Lipinski definition) is 3. The van der Waals surface area contributed by atoms with E-state index < -0.39 is 0 Å². The predicted octanol–water partition coefficient (Wildman–Crippen LogP) is 2.07. The third-order valence-corrected chi connectivity index (χ3v) is 2.09. The number of ether oxygens (including phenoxy) is 2. The molecule has 0 rings (SSSR count). The maximum Gasteiger partial charge on any atom is 0.108 e. The van der Waals surface area contributed by atoms with Crippen LogP contribution in [0.2, 0.25) is 0 Å². The van der Waals surface area contributed by atoms with Crippen molar-refractivity contribution in [2.45, 2.75) is 40.2 Å². The van der Waals surface area contributed by atoms with Gasteiger partial charge in [-0.05, 0) is 17.8 Å². The smallest absolute Gasteiger partial charge is 0.108 e. The highest BCUT2D eigenvalue weighted by molar-refractivity contribution is 5.25. The molecule has 1 N–H and O–H groups in total. The van der Waals surface area contributed by atoms with Crippen LogP contribution in [0.1, 0.15) is 34.1 Å². The maximum absolute atomic E-state index is 5.39. The standard InChI is InChI=1S/C16H27NO2/c1-15(2)9-7-5-6-8-11-18-13-14-19-12-10-17-16(3)4/h15-17H,9-14H2,1-4H3. The molecule has 0 aliphatic heterocycles. The summed E-state index contributed by atoms with van der Waals surface area (Å²) in [4.78, 5) is 0. The van der Waals surface area contributed by atoms with Crippen molar-refractivity contribution in [1.29, 1.82) is 0 Å². The number of rotatable bonds is 9. The first-order valence-electron chi connectivity index (χ1n) is 6.97. The molecule has 0 saturated heterocycles. The Morgan fingerprint density at radius 3 is 2.26 bits per heavy atom. The van der Waals surface area contributed by atoms with Crippen LogP contribution in [0.25, 0.3) is 0 Å². The van der Waals surface area contributed by atoms with Crippen LogP contribution >= 0.6 is 0 Å². The fourth-order valence-electron chi connectivity index (χ4n) is 1.14. The average Bonchev–Trinajstić information content (AvgIpc) is 2.34. The minimum Gasteiger partial charge on any atom is -0.378 e. The molecule has 0 aromatic carbocycles. The monoisotopic (exact) mass is 265 g/mol. The van der Waals surface area contributed by atoms with E-state index in [9.17, 15) is 0 Å². The zero-order chi connectivity index (χ0) is 14.3. The van der Waals surface area contributed by atoms with E-state index >= 15 is 0 Å². The van der Waals surface area contributed by atoms with E-state index in [2.05, 4.69) is 56.7 Å². The average molecular weight is 265 g/mol. The van der Waals surface area contributed by atoms with Gasteiger partial charge in [-0.25, -0.2) is 0 Å². The van der Waals surface area contributed by atoms with E-state index in [1.165, 1.54) is 0 Å². The van der Waals surface area contributed by atoms with Gasteiger partial charge in [0.25, 0.3) is 0 Å². The SMILES string of the molecule is CC(C)CC#CC#CCOCCOCCNC(C)C. The summed E-state index contributed by atoms with van der Waals surface area (Å²) in [7, 11) is 0. The van der Waals surface area contributed by atoms with Gasteiger partial charge in [0.1, 0.15) is 6.61 Å². The Labute approximate surface area is 118 Å². The maximum atomic E-state index is 5.39. The molecule has 19 heavy (non-hydrogen) atoms. The van der Waals surface area contributed by atoms with Crippen LogP contribution in [0.5, 0.6) is 0 Å². The third kappa shape index (κ3) is 17.0. The Kier molecular flexibility index (Phi) is 12.7. The molecule has 0 atom stereocenters. The summed E-state index contributed by atoms with van der Waals surface area (Å²) in [5.74, 6) is 12.1. The molecule has 0 spiro atoms. The van der Waals surface area contributed by atoms with Gasteiger partial charge in [0.2, 0.25) is 0 Å². The Morgan fingerprint density at radius 1 is 0.895 bits per heavy atom. The third-order valence-electron chi connectivity index (χ3n) is 2.09. The van der Waals surface area contributed by atoms with Crippen molar-refractivity contribution in [3.8, 4) is 23.7 Å². The quantitative estimate of drug-likeness (QED) is 0.511. The van der Waals surface area contributed by atoms with Crippen LogP contribution in [0.15, 0.2) is 0 Å². The van der Waals surface area contributed by atoms with Gasteiger partial charge < -0.3 is 14.8 Å². The van der Waals surface area contributed by atoms with Crippen molar-refractivity contribution >= 4 is 0 Å². The van der Waals surface area contributed by atoms with Crippen LogP contribution in [0.3, 0.4) is 0 Å². The molecule has 0 bridgehead atoms. The van der Waals surface area contributed by atoms with Crippen LogP contribution in [-0.4, -0.2) is 39.0 Å². The van der Waals surface area contributed by atoms with Gasteiger partial charge >= 0.3 is 0 Å². The summed E-state index contributed by atoms with van der Waals surface area (Å²) in [6, 6.07) is 0.506. The van der Waals surface area contributed by atoms with Crippen LogP contribution < -0.4 is 5.32 Å². The minimum absolute atomic E-state index is 0.421. The highest BCUT2D eigenvalue weighted by Gasteiger charge is 1.91. The topological polar surface area (TPSA) is 30.5 Å². The highest BCUT2D eigenvalue weighted by Crippen LogP contribution is 1.95. The highest BCUT2D eigenvalue weighted by atomic mass is 16.5. The summed E-state index contributed by atoms with van der Waals surface area (Å²) >= 11 is 0. The molecule has 0 aromatic rings. The van der Waals surface area contributed by atoms with Crippen molar-refractivity contribution in [3.05, 3.63) is 0 Å². The van der Waals surface area contributed by atoms with E-state index in [1.54, 1.807) is 0 Å². The lowest BCUT2D eigenvalue weighted by atomic mass is 10.1. The van der Waals surface area contributed by atoms with E-state index in [-0.39, 0.29) is 0 Å². The molecule has 0 aliphatic carbocycles. The number of nitrogens with one attached hydrogen (secondary N) is 1. The van der Waals surface area contributed by atoms with Gasteiger partial charge in [0, 0.05) is 19.0 Å². The molecule has 0 unspecified atom stereocenters. The first kappa shape index (κ1) is 18.0. The summed E-state index contributed by atoms with van der Waals surface area (Å²) in [6.45, 7) is 11.7. The fourth-order valence-corrected chi connectivity index (χ4v) is 1.14. The van der Waals surface area contributed by atoms with Crippen molar-refractivity contribution in [3.63, 3.8) is 0 Å². The molecule has 0 amide bonds. The van der Waals surface area contributed by atoms with E-state index in [0.29, 0.717) is 38.4 Å². The van der Waals surface area contributed by atoms with E-state index in [1.807, 2.05) is 0 Å². The summed E-state index contributed by atoms with van der Waals surface area (Å²) < 4.78 is 10.7. The van der Waals surface area contributed by atoms with Gasteiger partial charge in [0.15, 0.2) is 0 Å². The van der Waals surface area contributed by atoms with Crippen LogP contribution in [-0.2, 0) is 9.47 Å². The lowest BCUT2D eigenvalue weighted by Gasteiger charge is -2.08. The Balaban J connectivity index is 3.26. The van der Waals surface area contributed by atoms with Gasteiger partial charge in [-0.15, -0.1) is 0 Å². The van der Waals surface area contributed by atoms with Crippen molar-refractivity contribution < 1.29 is 9.47 Å². The molecule has 108 valence electrons. The second-order valence-corrected chi connectivity index (χ2v) is 4.98. The van der Waals surface area contributed by atoms with Gasteiger partial charge in [-0.1, -0.05) is 39.5 Å². The zero-order valence-electron chi connectivity index (χ0n) is 12.7. The van der Waals surface area contributed by atoms with Crippen molar-refractivity contribution in [2.75, 3.05) is 33.0 Å². The molecule has 0 aromatic heterocycles. The van der Waals surface area contributed by atoms with Gasteiger partial charge in [-0.3, -0.25) is 0 Å². The molecule has 0 heterocycles.